The summed E-state index contributed by atoms with van der Waals surface area (Å²) in [5.41, 5.74) is 3.63. The molecule has 1 aromatic heterocycles. The second-order valence-electron chi connectivity index (χ2n) is 8.00. The van der Waals surface area contributed by atoms with Crippen molar-refractivity contribution in [3.8, 4) is 0 Å². The molecule has 3 aromatic carbocycles. The van der Waals surface area contributed by atoms with Gasteiger partial charge in [0.05, 0.1) is 22.8 Å². The van der Waals surface area contributed by atoms with Gasteiger partial charge < -0.3 is 10.2 Å². The third kappa shape index (κ3) is 4.75. The Morgan fingerprint density at radius 2 is 1.73 bits per heavy atom. The topological polar surface area (TPSA) is 62.3 Å². The van der Waals surface area contributed by atoms with Gasteiger partial charge in [-0.2, -0.15) is 0 Å². The molecule has 6 heteroatoms. The van der Waals surface area contributed by atoms with Gasteiger partial charge in [0.15, 0.2) is 0 Å². The van der Waals surface area contributed by atoms with Gasteiger partial charge in [-0.3, -0.25) is 14.6 Å². The largest absolute Gasteiger partial charge is 0.335 e. The quantitative estimate of drug-likeness (QED) is 0.428. The van der Waals surface area contributed by atoms with Crippen LogP contribution in [0, 0.1) is 12.7 Å². The molecule has 166 valence electrons. The number of fused-ring (bicyclic) bond motifs is 1. The van der Waals surface area contributed by atoms with Crippen molar-refractivity contribution in [1.82, 2.24) is 9.88 Å². The zero-order chi connectivity index (χ0) is 23.5. The molecule has 0 bridgehead atoms. The van der Waals surface area contributed by atoms with E-state index in [2.05, 4.69) is 10.3 Å². The van der Waals surface area contributed by atoms with Crippen molar-refractivity contribution in [2.45, 2.75) is 19.9 Å². The number of hydrogen-bond donors (Lipinski definition) is 1. The summed E-state index contributed by atoms with van der Waals surface area (Å²) in [6.45, 7) is 3.67. The number of nitrogens with zero attached hydrogens (tertiary/aromatic N) is 2. The van der Waals surface area contributed by atoms with Gasteiger partial charge in [-0.1, -0.05) is 30.3 Å². The first-order valence-electron chi connectivity index (χ1n) is 10.6. The van der Waals surface area contributed by atoms with Gasteiger partial charge in [0.2, 0.25) is 0 Å². The molecular weight excluding hydrogens is 417 g/mol. The second-order valence-corrected chi connectivity index (χ2v) is 8.00. The average molecular weight is 442 g/mol. The van der Waals surface area contributed by atoms with Gasteiger partial charge in [-0.15, -0.1) is 0 Å². The first-order valence-corrected chi connectivity index (χ1v) is 10.6. The van der Waals surface area contributed by atoms with Crippen LogP contribution in [0.1, 0.15) is 44.9 Å². The van der Waals surface area contributed by atoms with Crippen LogP contribution in [-0.2, 0) is 0 Å². The number of nitrogens with one attached hydrogen (secondary N) is 1. The van der Waals surface area contributed by atoms with Crippen LogP contribution in [0.25, 0.3) is 10.9 Å². The third-order valence-corrected chi connectivity index (χ3v) is 5.76. The van der Waals surface area contributed by atoms with Gasteiger partial charge in [0, 0.05) is 29.8 Å². The van der Waals surface area contributed by atoms with Crippen molar-refractivity contribution < 1.29 is 14.0 Å². The monoisotopic (exact) mass is 441 g/mol. The average Bonchev–Trinajstić information content (AvgIpc) is 2.83. The van der Waals surface area contributed by atoms with Crippen LogP contribution in [0.3, 0.4) is 0 Å². The van der Waals surface area contributed by atoms with Gasteiger partial charge in [-0.25, -0.2) is 4.39 Å². The molecule has 0 fully saturated rings. The minimum absolute atomic E-state index is 0.183. The Hall–Kier alpha value is -4.06. The summed E-state index contributed by atoms with van der Waals surface area (Å²) < 4.78 is 13.5. The SMILES string of the molecule is Cc1nc2cc(F)ccc2cc1C(=O)N(C)C(C)c1cccc(NC(=O)c2ccccc2)c1. The maximum absolute atomic E-state index is 13.5. The third-order valence-electron chi connectivity index (χ3n) is 5.76. The van der Waals surface area contributed by atoms with Crippen LogP contribution in [0.15, 0.2) is 78.9 Å². The molecule has 1 heterocycles. The van der Waals surface area contributed by atoms with E-state index in [1.54, 1.807) is 43.1 Å². The lowest BCUT2D eigenvalue weighted by Crippen LogP contribution is -2.30. The Morgan fingerprint density at radius 1 is 0.970 bits per heavy atom. The van der Waals surface area contributed by atoms with E-state index in [0.717, 1.165) is 5.56 Å². The van der Waals surface area contributed by atoms with E-state index >= 15 is 0 Å². The number of carbonyl (C=O) groups is 2. The molecule has 1 unspecified atom stereocenters. The Morgan fingerprint density at radius 3 is 2.48 bits per heavy atom. The van der Waals surface area contributed by atoms with E-state index in [1.165, 1.54) is 12.1 Å². The molecule has 4 aromatic rings. The molecule has 0 aliphatic heterocycles. The van der Waals surface area contributed by atoms with Gasteiger partial charge in [0.25, 0.3) is 11.8 Å². The molecule has 4 rings (SSSR count). The van der Waals surface area contributed by atoms with E-state index in [0.29, 0.717) is 33.4 Å². The van der Waals surface area contributed by atoms with Crippen LogP contribution >= 0.6 is 0 Å². The van der Waals surface area contributed by atoms with Crippen LogP contribution < -0.4 is 5.32 Å². The maximum atomic E-state index is 13.5. The summed E-state index contributed by atoms with van der Waals surface area (Å²) in [6.07, 6.45) is 0. The number of rotatable bonds is 5. The molecular formula is C27H24FN3O2. The highest BCUT2D eigenvalue weighted by Gasteiger charge is 2.22. The summed E-state index contributed by atoms with van der Waals surface area (Å²) in [5.74, 6) is -0.741. The summed E-state index contributed by atoms with van der Waals surface area (Å²) in [4.78, 5) is 31.8. The number of benzene rings is 3. The zero-order valence-electron chi connectivity index (χ0n) is 18.7. The molecule has 0 saturated heterocycles. The number of halogens is 1. The van der Waals surface area contributed by atoms with Crippen LogP contribution in [0.5, 0.6) is 0 Å². The van der Waals surface area contributed by atoms with Gasteiger partial charge in [0.1, 0.15) is 5.82 Å². The minimum Gasteiger partial charge on any atom is -0.335 e. The lowest BCUT2D eigenvalue weighted by molar-refractivity contribution is 0.0741. The Bertz CT molecular complexity index is 1340. The standard InChI is InChI=1S/C27H24FN3O2/c1-17-24(15-21-12-13-22(28)16-25(21)29-17)27(33)31(3)18(2)20-10-7-11-23(14-20)30-26(32)19-8-5-4-6-9-19/h4-16,18H,1-3H3,(H,30,32). The molecule has 0 aliphatic carbocycles. The summed E-state index contributed by atoms with van der Waals surface area (Å²) in [5, 5.41) is 3.61. The number of pyridine rings is 1. The van der Waals surface area contributed by atoms with Gasteiger partial charge >= 0.3 is 0 Å². The molecule has 5 nitrogen and oxygen atoms in total. The summed E-state index contributed by atoms with van der Waals surface area (Å²) in [6, 6.07) is 22.3. The fourth-order valence-electron chi connectivity index (χ4n) is 3.71. The smallest absolute Gasteiger partial charge is 0.255 e. The fourth-order valence-corrected chi connectivity index (χ4v) is 3.71. The summed E-state index contributed by atoms with van der Waals surface area (Å²) in [7, 11) is 1.73. The molecule has 2 amide bonds. The van der Waals surface area contributed by atoms with Crippen molar-refractivity contribution in [3.63, 3.8) is 0 Å². The number of hydrogen-bond acceptors (Lipinski definition) is 3. The van der Waals surface area contributed by atoms with Crippen molar-refractivity contribution in [1.29, 1.82) is 0 Å². The van der Waals surface area contributed by atoms with E-state index < -0.39 is 0 Å². The lowest BCUT2D eigenvalue weighted by atomic mass is 10.0. The van der Waals surface area contributed by atoms with Crippen molar-refractivity contribution >= 4 is 28.4 Å². The molecule has 0 aliphatic rings. The van der Waals surface area contributed by atoms with Crippen LogP contribution in [-0.4, -0.2) is 28.7 Å². The minimum atomic E-state index is -0.363. The Kier molecular flexibility index (Phi) is 6.18. The van der Waals surface area contributed by atoms with Crippen molar-refractivity contribution in [3.05, 3.63) is 107 Å². The van der Waals surface area contributed by atoms with Crippen molar-refractivity contribution in [2.24, 2.45) is 0 Å². The number of carbonyl (C=O) groups excluding carboxylic acids is 2. The Labute approximate surface area is 191 Å². The van der Waals surface area contributed by atoms with Gasteiger partial charge in [-0.05, 0) is 61.9 Å². The number of aryl methyl sites for hydroxylation is 1. The molecule has 1 N–H and O–H groups in total. The molecule has 0 radical (unpaired) electrons. The highest BCUT2D eigenvalue weighted by Crippen LogP contribution is 2.26. The molecule has 0 saturated carbocycles. The number of aromatic nitrogens is 1. The fraction of sp³-hybridized carbons (Fsp3) is 0.148. The number of amides is 2. The van der Waals surface area contributed by atoms with E-state index in [9.17, 15) is 14.0 Å². The van der Waals surface area contributed by atoms with Crippen molar-refractivity contribution in [2.75, 3.05) is 12.4 Å². The predicted molar refractivity (Wildman–Crippen MR) is 128 cm³/mol. The normalized spacial score (nSPS) is 11.8. The summed E-state index contributed by atoms with van der Waals surface area (Å²) >= 11 is 0. The van der Waals surface area contributed by atoms with Crippen LogP contribution in [0.4, 0.5) is 10.1 Å². The lowest BCUT2D eigenvalue weighted by Gasteiger charge is -2.26. The highest BCUT2D eigenvalue weighted by atomic mass is 19.1. The van der Waals surface area contributed by atoms with Crippen LogP contribution in [0.2, 0.25) is 0 Å². The highest BCUT2D eigenvalue weighted by molar-refractivity contribution is 6.04. The second kappa shape index (κ2) is 9.20. The molecule has 1 atom stereocenters. The molecule has 0 spiro atoms. The predicted octanol–water partition coefficient (Wildman–Crippen LogP) is 5.77. The molecule has 33 heavy (non-hydrogen) atoms. The first kappa shape index (κ1) is 22.1. The Balaban J connectivity index is 1.55. The number of anilines is 1. The zero-order valence-corrected chi connectivity index (χ0v) is 18.7. The van der Waals surface area contributed by atoms with E-state index in [4.69, 9.17) is 0 Å². The van der Waals surface area contributed by atoms with E-state index in [-0.39, 0.29) is 23.7 Å². The maximum Gasteiger partial charge on any atom is 0.255 e. The first-order chi connectivity index (χ1) is 15.8. The van der Waals surface area contributed by atoms with E-state index in [1.807, 2.05) is 49.4 Å².